The number of hydrogen-bond acceptors (Lipinski definition) is 4. The standard InChI is InChI=1S/C14H13BrN2OS/c1-9-6-12(14(16)17-7-9)13(18)8-19-11-4-2-10(15)3-5-11/h2-7H,8H2,1H3,(H2,16,17). The van der Waals surface area contributed by atoms with Crippen molar-refractivity contribution in [3.63, 3.8) is 0 Å². The third-order valence-corrected chi connectivity index (χ3v) is 4.08. The summed E-state index contributed by atoms with van der Waals surface area (Å²) < 4.78 is 1.02. The number of carbonyl (C=O) groups excluding carboxylic acids is 1. The van der Waals surface area contributed by atoms with E-state index in [1.165, 1.54) is 11.8 Å². The number of pyridine rings is 1. The number of rotatable bonds is 4. The summed E-state index contributed by atoms with van der Waals surface area (Å²) >= 11 is 4.87. The van der Waals surface area contributed by atoms with E-state index in [0.717, 1.165) is 14.9 Å². The Kier molecular flexibility index (Phi) is 4.61. The average Bonchev–Trinajstić information content (AvgIpc) is 2.40. The minimum absolute atomic E-state index is 0.00150. The van der Waals surface area contributed by atoms with E-state index in [1.54, 1.807) is 12.3 Å². The van der Waals surface area contributed by atoms with Gasteiger partial charge in [-0.15, -0.1) is 11.8 Å². The zero-order chi connectivity index (χ0) is 13.8. The predicted octanol–water partition coefficient (Wildman–Crippen LogP) is 3.71. The zero-order valence-electron chi connectivity index (χ0n) is 10.4. The second kappa shape index (κ2) is 6.21. The fourth-order valence-electron chi connectivity index (χ4n) is 1.56. The normalized spacial score (nSPS) is 10.4. The first-order chi connectivity index (χ1) is 9.06. The minimum Gasteiger partial charge on any atom is -0.383 e. The number of thioether (sulfide) groups is 1. The summed E-state index contributed by atoms with van der Waals surface area (Å²) in [5.74, 6) is 0.658. The van der Waals surface area contributed by atoms with Gasteiger partial charge in [-0.25, -0.2) is 4.98 Å². The lowest BCUT2D eigenvalue weighted by Crippen LogP contribution is -2.08. The number of halogens is 1. The summed E-state index contributed by atoms with van der Waals surface area (Å²) in [7, 11) is 0. The van der Waals surface area contributed by atoms with Crippen LogP contribution in [0.15, 0.2) is 45.9 Å². The minimum atomic E-state index is 0.00150. The predicted molar refractivity (Wildman–Crippen MR) is 82.6 cm³/mol. The molecular formula is C14H13BrN2OS. The van der Waals surface area contributed by atoms with Gasteiger partial charge in [0.2, 0.25) is 0 Å². The first-order valence-electron chi connectivity index (χ1n) is 5.70. The number of aromatic nitrogens is 1. The Balaban J connectivity index is 2.05. The van der Waals surface area contributed by atoms with E-state index < -0.39 is 0 Å². The molecule has 0 saturated heterocycles. The van der Waals surface area contributed by atoms with E-state index in [0.29, 0.717) is 17.1 Å². The molecule has 1 heterocycles. The molecule has 2 aromatic rings. The van der Waals surface area contributed by atoms with Crippen LogP contribution in [0, 0.1) is 6.92 Å². The summed E-state index contributed by atoms with van der Waals surface area (Å²) in [5.41, 5.74) is 7.17. The van der Waals surface area contributed by atoms with E-state index in [-0.39, 0.29) is 5.78 Å². The van der Waals surface area contributed by atoms with Gasteiger partial charge < -0.3 is 5.73 Å². The van der Waals surface area contributed by atoms with Crippen molar-refractivity contribution in [2.75, 3.05) is 11.5 Å². The van der Waals surface area contributed by atoms with Gasteiger partial charge in [0.1, 0.15) is 5.82 Å². The maximum Gasteiger partial charge on any atom is 0.176 e. The van der Waals surface area contributed by atoms with E-state index in [2.05, 4.69) is 20.9 Å². The van der Waals surface area contributed by atoms with Crippen molar-refractivity contribution in [2.24, 2.45) is 0 Å². The Morgan fingerprint density at radius 1 is 1.37 bits per heavy atom. The van der Waals surface area contributed by atoms with Gasteiger partial charge in [0.05, 0.1) is 11.3 Å². The lowest BCUT2D eigenvalue weighted by atomic mass is 10.1. The van der Waals surface area contributed by atoms with Crippen LogP contribution in [-0.4, -0.2) is 16.5 Å². The van der Waals surface area contributed by atoms with Gasteiger partial charge in [-0.05, 0) is 42.8 Å². The van der Waals surface area contributed by atoms with Crippen LogP contribution in [0.2, 0.25) is 0 Å². The molecule has 5 heteroatoms. The van der Waals surface area contributed by atoms with Crippen LogP contribution in [0.25, 0.3) is 0 Å². The second-order valence-corrected chi connectivity index (χ2v) is 6.08. The lowest BCUT2D eigenvalue weighted by Gasteiger charge is -2.05. The second-order valence-electron chi connectivity index (χ2n) is 4.11. The van der Waals surface area contributed by atoms with E-state index >= 15 is 0 Å². The SMILES string of the molecule is Cc1cnc(N)c(C(=O)CSc2ccc(Br)cc2)c1. The van der Waals surface area contributed by atoms with Gasteiger partial charge in [-0.2, -0.15) is 0 Å². The van der Waals surface area contributed by atoms with Crippen molar-refractivity contribution in [1.82, 2.24) is 4.98 Å². The van der Waals surface area contributed by atoms with Gasteiger partial charge in [0, 0.05) is 15.6 Å². The molecule has 0 aliphatic heterocycles. The molecule has 0 amide bonds. The maximum atomic E-state index is 12.1. The molecule has 0 bridgehead atoms. The van der Waals surface area contributed by atoms with Crippen LogP contribution >= 0.6 is 27.7 Å². The van der Waals surface area contributed by atoms with Crippen molar-refractivity contribution in [1.29, 1.82) is 0 Å². The first kappa shape index (κ1) is 14.1. The molecule has 0 fully saturated rings. The van der Waals surface area contributed by atoms with Crippen LogP contribution in [0.4, 0.5) is 5.82 Å². The molecule has 0 unspecified atom stereocenters. The van der Waals surface area contributed by atoms with Crippen LogP contribution < -0.4 is 5.73 Å². The number of nitrogens with two attached hydrogens (primary N) is 1. The number of benzene rings is 1. The number of nitrogens with zero attached hydrogens (tertiary/aromatic N) is 1. The molecule has 1 aromatic heterocycles. The molecule has 2 rings (SSSR count). The smallest absolute Gasteiger partial charge is 0.176 e. The molecule has 98 valence electrons. The molecule has 3 nitrogen and oxygen atoms in total. The number of ketones is 1. The molecule has 0 aliphatic carbocycles. The highest BCUT2D eigenvalue weighted by Crippen LogP contribution is 2.22. The molecule has 2 N–H and O–H groups in total. The van der Waals surface area contributed by atoms with Gasteiger partial charge >= 0.3 is 0 Å². The summed E-state index contributed by atoms with van der Waals surface area (Å²) in [5, 5.41) is 0. The van der Waals surface area contributed by atoms with Crippen LogP contribution in [0.5, 0.6) is 0 Å². The van der Waals surface area contributed by atoms with E-state index in [1.807, 2.05) is 31.2 Å². The molecule has 19 heavy (non-hydrogen) atoms. The number of hydrogen-bond donors (Lipinski definition) is 1. The Morgan fingerprint density at radius 3 is 2.74 bits per heavy atom. The molecule has 0 saturated carbocycles. The number of nitrogen functional groups attached to an aromatic ring is 1. The third kappa shape index (κ3) is 3.81. The largest absolute Gasteiger partial charge is 0.383 e. The average molecular weight is 337 g/mol. The van der Waals surface area contributed by atoms with Crippen LogP contribution in [-0.2, 0) is 0 Å². The maximum absolute atomic E-state index is 12.1. The topological polar surface area (TPSA) is 56.0 Å². The molecule has 0 radical (unpaired) electrons. The fourth-order valence-corrected chi connectivity index (χ4v) is 2.61. The number of anilines is 1. The quantitative estimate of drug-likeness (QED) is 0.683. The highest BCUT2D eigenvalue weighted by atomic mass is 79.9. The summed E-state index contributed by atoms with van der Waals surface area (Å²) in [6, 6.07) is 9.64. The Bertz CT molecular complexity index is 599. The lowest BCUT2D eigenvalue weighted by molar-refractivity contribution is 0.102. The molecular weight excluding hydrogens is 324 g/mol. The summed E-state index contributed by atoms with van der Waals surface area (Å²) in [6.45, 7) is 1.89. The fraction of sp³-hybridized carbons (Fsp3) is 0.143. The molecule has 0 aliphatic rings. The van der Waals surface area contributed by atoms with Crippen molar-refractivity contribution in [3.8, 4) is 0 Å². The third-order valence-electron chi connectivity index (χ3n) is 2.54. The number of carbonyl (C=O) groups is 1. The Hall–Kier alpha value is -1.33. The van der Waals surface area contributed by atoms with Gasteiger partial charge in [0.25, 0.3) is 0 Å². The van der Waals surface area contributed by atoms with Crippen molar-refractivity contribution in [2.45, 2.75) is 11.8 Å². The highest BCUT2D eigenvalue weighted by Gasteiger charge is 2.11. The summed E-state index contributed by atoms with van der Waals surface area (Å²) in [6.07, 6.45) is 1.66. The Labute approximate surface area is 124 Å². The van der Waals surface area contributed by atoms with E-state index in [4.69, 9.17) is 5.73 Å². The van der Waals surface area contributed by atoms with Crippen molar-refractivity contribution >= 4 is 39.3 Å². The van der Waals surface area contributed by atoms with Gasteiger partial charge in [-0.1, -0.05) is 15.9 Å². The zero-order valence-corrected chi connectivity index (χ0v) is 12.8. The molecule has 0 spiro atoms. The van der Waals surface area contributed by atoms with Gasteiger partial charge in [0.15, 0.2) is 5.78 Å². The molecule has 0 atom stereocenters. The van der Waals surface area contributed by atoms with Crippen LogP contribution in [0.1, 0.15) is 15.9 Å². The van der Waals surface area contributed by atoms with Gasteiger partial charge in [-0.3, -0.25) is 4.79 Å². The number of Topliss-reactive ketones (excluding diaryl/α,β-unsaturated/α-hetero) is 1. The highest BCUT2D eigenvalue weighted by molar-refractivity contribution is 9.10. The monoisotopic (exact) mass is 336 g/mol. The number of aryl methyl sites for hydroxylation is 1. The molecule has 1 aromatic carbocycles. The van der Waals surface area contributed by atoms with Crippen molar-refractivity contribution in [3.05, 3.63) is 52.1 Å². The van der Waals surface area contributed by atoms with Crippen molar-refractivity contribution < 1.29 is 4.79 Å². The summed E-state index contributed by atoms with van der Waals surface area (Å²) in [4.78, 5) is 17.2. The first-order valence-corrected chi connectivity index (χ1v) is 7.48. The van der Waals surface area contributed by atoms with E-state index in [9.17, 15) is 4.79 Å². The Morgan fingerprint density at radius 2 is 2.05 bits per heavy atom. The van der Waals surface area contributed by atoms with Crippen LogP contribution in [0.3, 0.4) is 0 Å².